The second-order valence-corrected chi connectivity index (χ2v) is 9.17. The Morgan fingerprint density at radius 1 is 1.07 bits per heavy atom. The smallest absolute Gasteiger partial charge is 0.343 e. The van der Waals surface area contributed by atoms with Gasteiger partial charge in [-0.25, -0.2) is 14.7 Å². The van der Waals surface area contributed by atoms with Crippen molar-refractivity contribution in [2.75, 3.05) is 27.5 Å². The maximum atomic E-state index is 12.9. The lowest BCUT2D eigenvalue weighted by molar-refractivity contribution is -0.168. The first-order chi connectivity index (χ1) is 20.1. The SMILES string of the molecule is CCCCC[C@@H](C(=O)NCNC(=O)c1ccc(-c2cc(OCC(=O)OC)cc(C(=O)OC)c2O)o1)[C@@H](CC)N(O)C=O. The predicted octanol–water partition coefficient (Wildman–Crippen LogP) is 2.62. The van der Waals surface area contributed by atoms with E-state index in [1.54, 1.807) is 6.92 Å². The van der Waals surface area contributed by atoms with E-state index >= 15 is 0 Å². The van der Waals surface area contributed by atoms with Crippen molar-refractivity contribution in [1.82, 2.24) is 15.7 Å². The zero-order valence-corrected chi connectivity index (χ0v) is 24.0. The number of aromatic hydroxyl groups is 1. The molecule has 3 amide bonds. The van der Waals surface area contributed by atoms with Gasteiger partial charge in [0, 0.05) is 0 Å². The first kappa shape index (κ1) is 33.6. The number of hydrogen-bond donors (Lipinski definition) is 4. The quantitative estimate of drug-likeness (QED) is 0.0527. The minimum atomic E-state index is -0.881. The Labute approximate surface area is 242 Å². The monoisotopic (exact) mass is 591 g/mol. The van der Waals surface area contributed by atoms with E-state index in [4.69, 9.17) is 13.9 Å². The molecule has 0 aliphatic carbocycles. The summed E-state index contributed by atoms with van der Waals surface area (Å²) in [4.78, 5) is 60.4. The number of rotatable bonds is 17. The molecule has 14 nitrogen and oxygen atoms in total. The number of carbonyl (C=O) groups is 5. The van der Waals surface area contributed by atoms with Gasteiger partial charge in [0.05, 0.1) is 38.4 Å². The van der Waals surface area contributed by atoms with Gasteiger partial charge in [0.2, 0.25) is 12.3 Å². The number of nitrogens with zero attached hydrogens (tertiary/aromatic N) is 1. The summed E-state index contributed by atoms with van der Waals surface area (Å²) in [5.74, 6) is -4.05. The molecule has 0 saturated carbocycles. The van der Waals surface area contributed by atoms with Crippen LogP contribution in [0.4, 0.5) is 0 Å². The summed E-state index contributed by atoms with van der Waals surface area (Å²) in [5.41, 5.74) is -0.288. The van der Waals surface area contributed by atoms with Crippen LogP contribution in [0.1, 0.15) is 66.9 Å². The second kappa shape index (κ2) is 16.6. The number of hydrogen-bond acceptors (Lipinski definition) is 11. The highest BCUT2D eigenvalue weighted by atomic mass is 16.6. The first-order valence-electron chi connectivity index (χ1n) is 13.3. The third-order valence-electron chi connectivity index (χ3n) is 6.47. The molecule has 0 aliphatic heterocycles. The molecular formula is C28H37N3O11. The average molecular weight is 592 g/mol. The van der Waals surface area contributed by atoms with E-state index in [0.29, 0.717) is 17.9 Å². The summed E-state index contributed by atoms with van der Waals surface area (Å²) in [6.45, 7) is 3.03. The average Bonchev–Trinajstić information content (AvgIpc) is 3.49. The van der Waals surface area contributed by atoms with Gasteiger partial charge >= 0.3 is 11.9 Å². The molecule has 2 aromatic rings. The topological polar surface area (TPSA) is 194 Å². The molecule has 1 aromatic carbocycles. The number of nitrogens with one attached hydrogen (secondary N) is 2. The number of amides is 3. The Bertz CT molecular complexity index is 1240. The van der Waals surface area contributed by atoms with E-state index in [1.807, 2.05) is 6.92 Å². The Morgan fingerprint density at radius 2 is 1.81 bits per heavy atom. The Morgan fingerprint density at radius 3 is 2.43 bits per heavy atom. The maximum absolute atomic E-state index is 12.9. The number of carbonyl (C=O) groups excluding carboxylic acids is 5. The highest BCUT2D eigenvalue weighted by Gasteiger charge is 2.30. The van der Waals surface area contributed by atoms with E-state index in [-0.39, 0.29) is 41.5 Å². The van der Waals surface area contributed by atoms with E-state index in [0.717, 1.165) is 26.4 Å². The molecule has 0 aliphatic rings. The van der Waals surface area contributed by atoms with Crippen LogP contribution in [0.5, 0.6) is 11.5 Å². The van der Waals surface area contributed by atoms with Gasteiger partial charge in [0.1, 0.15) is 22.8 Å². The van der Waals surface area contributed by atoms with Gasteiger partial charge in [-0.3, -0.25) is 19.6 Å². The highest BCUT2D eigenvalue weighted by Crippen LogP contribution is 2.37. The van der Waals surface area contributed by atoms with Crippen LogP contribution in [0.15, 0.2) is 28.7 Å². The molecule has 1 heterocycles. The molecule has 2 rings (SSSR count). The number of methoxy groups -OCH3 is 2. The number of hydroxylamine groups is 2. The molecule has 230 valence electrons. The Hall–Kier alpha value is -4.59. The minimum absolute atomic E-state index is 0.00553. The third kappa shape index (κ3) is 8.96. The molecule has 14 heteroatoms. The van der Waals surface area contributed by atoms with Gasteiger partial charge < -0.3 is 34.4 Å². The van der Waals surface area contributed by atoms with E-state index < -0.39 is 48.1 Å². The molecule has 2 atom stereocenters. The van der Waals surface area contributed by atoms with Crippen molar-refractivity contribution in [1.29, 1.82) is 0 Å². The van der Waals surface area contributed by atoms with Crippen molar-refractivity contribution in [3.05, 3.63) is 35.6 Å². The zero-order valence-electron chi connectivity index (χ0n) is 24.0. The standard InChI is InChI=1S/C28H37N3O11/c1-5-7-8-9-18(21(6-2)31(38)16-32)26(35)29-15-30-27(36)23-11-10-22(42-23)19-12-17(41-14-24(33)39-3)13-20(25(19)34)28(37)40-4/h10-13,16,18,21,34,38H,5-9,14-15H2,1-4H3,(H,29,35)(H,30,36)/t18-,21-/m1/s1. The van der Waals surface area contributed by atoms with Gasteiger partial charge in [-0.15, -0.1) is 0 Å². The molecule has 42 heavy (non-hydrogen) atoms. The molecule has 0 unspecified atom stereocenters. The molecule has 0 saturated heterocycles. The van der Waals surface area contributed by atoms with E-state index in [2.05, 4.69) is 15.4 Å². The van der Waals surface area contributed by atoms with Gasteiger partial charge in [-0.1, -0.05) is 33.1 Å². The minimum Gasteiger partial charge on any atom is -0.506 e. The molecule has 1 aromatic heterocycles. The number of benzene rings is 1. The van der Waals surface area contributed by atoms with Gasteiger partial charge in [-0.2, -0.15) is 0 Å². The van der Waals surface area contributed by atoms with Crippen molar-refractivity contribution in [3.8, 4) is 22.8 Å². The van der Waals surface area contributed by atoms with Crippen LogP contribution in [0.3, 0.4) is 0 Å². The van der Waals surface area contributed by atoms with Crippen LogP contribution in [0.2, 0.25) is 0 Å². The number of ether oxygens (including phenoxy) is 3. The number of esters is 2. The number of furan rings is 1. The van der Waals surface area contributed by atoms with Crippen LogP contribution in [0, 0.1) is 5.92 Å². The second-order valence-electron chi connectivity index (χ2n) is 9.17. The molecule has 4 N–H and O–H groups in total. The fourth-order valence-corrected chi connectivity index (χ4v) is 4.23. The highest BCUT2D eigenvalue weighted by molar-refractivity contribution is 5.96. The third-order valence-corrected chi connectivity index (χ3v) is 6.47. The molecule has 0 fully saturated rings. The lowest BCUT2D eigenvalue weighted by atomic mass is 9.90. The zero-order chi connectivity index (χ0) is 31.2. The van der Waals surface area contributed by atoms with Gasteiger partial charge in [0.25, 0.3) is 5.91 Å². The molecule has 0 bridgehead atoms. The normalized spacial score (nSPS) is 12.0. The van der Waals surface area contributed by atoms with Crippen molar-refractivity contribution in [2.24, 2.45) is 5.92 Å². The first-order valence-corrected chi connectivity index (χ1v) is 13.3. The van der Waals surface area contributed by atoms with Crippen LogP contribution < -0.4 is 15.4 Å². The summed E-state index contributed by atoms with van der Waals surface area (Å²) >= 11 is 0. The summed E-state index contributed by atoms with van der Waals surface area (Å²) in [6, 6.07) is 4.45. The van der Waals surface area contributed by atoms with Crippen molar-refractivity contribution < 1.29 is 52.9 Å². The molecule has 0 spiro atoms. The summed E-state index contributed by atoms with van der Waals surface area (Å²) in [6.07, 6.45) is 3.57. The summed E-state index contributed by atoms with van der Waals surface area (Å²) < 4.78 is 20.2. The lowest BCUT2D eigenvalue weighted by Gasteiger charge is -2.29. The Balaban J connectivity index is 2.16. The van der Waals surface area contributed by atoms with Crippen LogP contribution >= 0.6 is 0 Å². The lowest BCUT2D eigenvalue weighted by Crippen LogP contribution is -2.47. The van der Waals surface area contributed by atoms with Crippen molar-refractivity contribution in [3.63, 3.8) is 0 Å². The number of phenolic OH excluding ortho intramolecular Hbond substituents is 1. The van der Waals surface area contributed by atoms with Crippen molar-refractivity contribution >= 4 is 30.2 Å². The van der Waals surface area contributed by atoms with E-state index in [1.165, 1.54) is 31.4 Å². The summed E-state index contributed by atoms with van der Waals surface area (Å²) in [5, 5.41) is 26.2. The number of phenols is 1. The largest absolute Gasteiger partial charge is 0.506 e. The van der Waals surface area contributed by atoms with Crippen LogP contribution in [-0.4, -0.2) is 79.1 Å². The molecule has 0 radical (unpaired) electrons. The van der Waals surface area contributed by atoms with Gasteiger partial charge in [-0.05, 0) is 37.1 Å². The number of unbranched alkanes of at least 4 members (excludes halogenated alkanes) is 2. The maximum Gasteiger partial charge on any atom is 0.343 e. The fraction of sp³-hybridized carbons (Fsp3) is 0.464. The summed E-state index contributed by atoms with van der Waals surface area (Å²) in [7, 11) is 2.30. The van der Waals surface area contributed by atoms with Crippen molar-refractivity contribution in [2.45, 2.75) is 52.0 Å². The van der Waals surface area contributed by atoms with Gasteiger partial charge in [0.15, 0.2) is 12.4 Å². The van der Waals surface area contributed by atoms with E-state index in [9.17, 15) is 34.3 Å². The fourth-order valence-electron chi connectivity index (χ4n) is 4.23. The van der Waals surface area contributed by atoms with Crippen LogP contribution in [-0.2, 0) is 23.9 Å². The molecular weight excluding hydrogens is 554 g/mol. The Kier molecular flexibility index (Phi) is 13.3. The van der Waals surface area contributed by atoms with Crippen LogP contribution in [0.25, 0.3) is 11.3 Å². The predicted molar refractivity (Wildman–Crippen MR) is 147 cm³/mol.